The fraction of sp³-hybridized carbons (Fsp3) is 0.318. The molecular weight excluding hydrogens is 426 g/mol. The lowest BCUT2D eigenvalue weighted by Crippen LogP contribution is -2.41. The Labute approximate surface area is 178 Å². The third-order valence-electron chi connectivity index (χ3n) is 5.90. The van der Waals surface area contributed by atoms with Gasteiger partial charge in [0.2, 0.25) is 5.43 Å². The molecule has 2 aromatic carbocycles. The van der Waals surface area contributed by atoms with E-state index in [4.69, 9.17) is 20.8 Å². The van der Waals surface area contributed by atoms with Crippen LogP contribution in [0.25, 0.3) is 22.1 Å². The highest BCUT2D eigenvalue weighted by Crippen LogP contribution is 2.35. The van der Waals surface area contributed by atoms with E-state index in [0.29, 0.717) is 52.8 Å². The second kappa shape index (κ2) is 7.11. The van der Waals surface area contributed by atoms with Crippen LogP contribution < -0.4 is 10.2 Å². The summed E-state index contributed by atoms with van der Waals surface area (Å²) >= 11 is 5.98. The van der Waals surface area contributed by atoms with E-state index in [-0.39, 0.29) is 23.0 Å². The molecule has 1 atom stereocenters. The van der Waals surface area contributed by atoms with E-state index in [9.17, 15) is 13.2 Å². The van der Waals surface area contributed by atoms with Crippen LogP contribution in [0.15, 0.2) is 45.6 Å². The SMILES string of the molecule is Cc1oc2c3c(ccc2c(=O)c1-c1ccc(Cl)cc1)OCN([C@@H]1CCS(=O)(=O)C1)C3. The highest BCUT2D eigenvalue weighted by molar-refractivity contribution is 7.91. The first-order valence-electron chi connectivity index (χ1n) is 9.75. The highest BCUT2D eigenvalue weighted by Gasteiger charge is 2.35. The van der Waals surface area contributed by atoms with Crippen LogP contribution in [0.4, 0.5) is 0 Å². The molecular formula is C22H20ClNO5S. The lowest BCUT2D eigenvalue weighted by atomic mass is 10.0. The van der Waals surface area contributed by atoms with Gasteiger partial charge >= 0.3 is 0 Å². The maximum Gasteiger partial charge on any atom is 0.200 e. The van der Waals surface area contributed by atoms with Gasteiger partial charge in [0.25, 0.3) is 0 Å². The zero-order chi connectivity index (χ0) is 21.0. The van der Waals surface area contributed by atoms with Gasteiger partial charge in [-0.05, 0) is 43.2 Å². The zero-order valence-corrected chi connectivity index (χ0v) is 17.9. The van der Waals surface area contributed by atoms with Crippen LogP contribution in [-0.4, -0.2) is 37.6 Å². The van der Waals surface area contributed by atoms with Gasteiger partial charge < -0.3 is 9.15 Å². The monoisotopic (exact) mass is 445 g/mol. The van der Waals surface area contributed by atoms with E-state index in [1.54, 1.807) is 43.3 Å². The van der Waals surface area contributed by atoms with Crippen molar-refractivity contribution in [1.29, 1.82) is 0 Å². The van der Waals surface area contributed by atoms with Gasteiger partial charge in [0.05, 0.1) is 28.0 Å². The normalized spacial score (nSPS) is 20.8. The van der Waals surface area contributed by atoms with Gasteiger partial charge in [-0.1, -0.05) is 23.7 Å². The molecule has 0 unspecified atom stereocenters. The Morgan fingerprint density at radius 3 is 2.60 bits per heavy atom. The number of hydrogen-bond donors (Lipinski definition) is 0. The zero-order valence-electron chi connectivity index (χ0n) is 16.4. The Hall–Kier alpha value is -2.35. The number of halogens is 1. The van der Waals surface area contributed by atoms with Gasteiger partial charge in [-0.2, -0.15) is 0 Å². The fourth-order valence-electron chi connectivity index (χ4n) is 4.34. The number of ether oxygens (including phenoxy) is 1. The lowest BCUT2D eigenvalue weighted by Gasteiger charge is -2.33. The molecule has 0 amide bonds. The van der Waals surface area contributed by atoms with Gasteiger partial charge in [-0.3, -0.25) is 9.69 Å². The summed E-state index contributed by atoms with van der Waals surface area (Å²) in [7, 11) is -3.00. The van der Waals surface area contributed by atoms with Crippen LogP contribution in [0.3, 0.4) is 0 Å². The summed E-state index contributed by atoms with van der Waals surface area (Å²) in [5.41, 5.74) is 2.43. The molecule has 1 aromatic heterocycles. The van der Waals surface area contributed by atoms with E-state index in [1.165, 1.54) is 0 Å². The number of aryl methyl sites for hydroxylation is 1. The molecule has 0 radical (unpaired) electrons. The molecule has 6 nitrogen and oxygen atoms in total. The van der Waals surface area contributed by atoms with Crippen molar-refractivity contribution < 1.29 is 17.6 Å². The van der Waals surface area contributed by atoms with Crippen LogP contribution in [0.1, 0.15) is 17.7 Å². The molecule has 1 fully saturated rings. The summed E-state index contributed by atoms with van der Waals surface area (Å²) in [5, 5.41) is 1.08. The summed E-state index contributed by atoms with van der Waals surface area (Å²) < 4.78 is 35.8. The van der Waals surface area contributed by atoms with E-state index in [2.05, 4.69) is 0 Å². The summed E-state index contributed by atoms with van der Waals surface area (Å²) in [6, 6.07) is 10.5. The van der Waals surface area contributed by atoms with E-state index >= 15 is 0 Å². The van der Waals surface area contributed by atoms with Crippen molar-refractivity contribution in [2.24, 2.45) is 0 Å². The van der Waals surface area contributed by atoms with Gasteiger partial charge in [0.15, 0.2) is 9.84 Å². The standard InChI is InChI=1S/C22H20ClNO5S/c1-13-20(14-2-4-15(23)5-3-14)21(25)17-6-7-19-18(22(17)29-13)10-24(12-28-19)16-8-9-30(26,27)11-16/h2-7,16H,8-12H2,1H3/t16-/m1/s1. The molecule has 0 bridgehead atoms. The van der Waals surface area contributed by atoms with Crippen molar-refractivity contribution in [2.45, 2.75) is 25.9 Å². The summed E-state index contributed by atoms with van der Waals surface area (Å²) in [6.07, 6.45) is 0.593. The number of fused-ring (bicyclic) bond motifs is 3. The molecule has 2 aliphatic rings. The molecule has 0 saturated carbocycles. The van der Waals surface area contributed by atoms with Crippen LogP contribution >= 0.6 is 11.6 Å². The fourth-order valence-corrected chi connectivity index (χ4v) is 6.23. The Balaban J connectivity index is 1.60. The number of rotatable bonds is 2. The molecule has 1 saturated heterocycles. The number of benzene rings is 2. The molecule has 8 heteroatoms. The maximum absolute atomic E-state index is 13.3. The Bertz CT molecular complexity index is 1310. The molecule has 5 rings (SSSR count). The quantitative estimate of drug-likeness (QED) is 0.597. The molecule has 0 aliphatic carbocycles. The second-order valence-corrected chi connectivity index (χ2v) is 10.5. The first kappa shape index (κ1) is 19.6. The number of nitrogens with zero attached hydrogens (tertiary/aromatic N) is 1. The smallest absolute Gasteiger partial charge is 0.200 e. The topological polar surface area (TPSA) is 76.8 Å². The Morgan fingerprint density at radius 1 is 1.13 bits per heavy atom. The number of hydrogen-bond acceptors (Lipinski definition) is 6. The van der Waals surface area contributed by atoms with Crippen LogP contribution in [0.2, 0.25) is 5.02 Å². The minimum absolute atomic E-state index is 0.0837. The molecule has 3 aromatic rings. The average Bonchev–Trinajstić information content (AvgIpc) is 3.08. The highest BCUT2D eigenvalue weighted by atomic mass is 35.5. The Kier molecular flexibility index (Phi) is 4.65. The number of sulfone groups is 1. The molecule has 0 N–H and O–H groups in total. The van der Waals surface area contributed by atoms with Crippen LogP contribution in [0.5, 0.6) is 5.75 Å². The minimum Gasteiger partial charge on any atom is -0.478 e. The molecule has 2 aliphatic heterocycles. The van der Waals surface area contributed by atoms with Crippen molar-refractivity contribution in [3.05, 3.63) is 63.0 Å². The van der Waals surface area contributed by atoms with E-state index in [0.717, 1.165) is 11.1 Å². The molecule has 156 valence electrons. The van der Waals surface area contributed by atoms with Crippen molar-refractivity contribution >= 4 is 32.4 Å². The molecule has 3 heterocycles. The Morgan fingerprint density at radius 2 is 1.90 bits per heavy atom. The van der Waals surface area contributed by atoms with Gasteiger partial charge in [-0.15, -0.1) is 0 Å². The predicted octanol–water partition coefficient (Wildman–Crippen LogP) is 3.76. The largest absolute Gasteiger partial charge is 0.478 e. The van der Waals surface area contributed by atoms with Gasteiger partial charge in [-0.25, -0.2) is 8.42 Å². The molecule has 0 spiro atoms. The second-order valence-electron chi connectivity index (χ2n) is 7.87. The summed E-state index contributed by atoms with van der Waals surface area (Å²) in [5.74, 6) is 1.53. The van der Waals surface area contributed by atoms with Crippen molar-refractivity contribution in [3.8, 4) is 16.9 Å². The summed E-state index contributed by atoms with van der Waals surface area (Å²) in [4.78, 5) is 15.3. The van der Waals surface area contributed by atoms with Crippen molar-refractivity contribution in [3.63, 3.8) is 0 Å². The third-order valence-corrected chi connectivity index (χ3v) is 7.90. The van der Waals surface area contributed by atoms with Gasteiger partial charge in [0, 0.05) is 17.6 Å². The molecule has 30 heavy (non-hydrogen) atoms. The van der Waals surface area contributed by atoms with Crippen LogP contribution in [0, 0.1) is 6.92 Å². The van der Waals surface area contributed by atoms with Crippen molar-refractivity contribution in [2.75, 3.05) is 18.2 Å². The van der Waals surface area contributed by atoms with Crippen molar-refractivity contribution in [1.82, 2.24) is 4.90 Å². The van der Waals surface area contributed by atoms with E-state index in [1.807, 2.05) is 4.90 Å². The first-order chi connectivity index (χ1) is 14.3. The summed E-state index contributed by atoms with van der Waals surface area (Å²) in [6.45, 7) is 2.58. The van der Waals surface area contributed by atoms with E-state index < -0.39 is 9.84 Å². The third kappa shape index (κ3) is 3.31. The predicted molar refractivity (Wildman–Crippen MR) is 116 cm³/mol. The minimum atomic E-state index is -3.00. The van der Waals surface area contributed by atoms with Gasteiger partial charge in [0.1, 0.15) is 23.8 Å². The lowest BCUT2D eigenvalue weighted by molar-refractivity contribution is 0.0649. The maximum atomic E-state index is 13.3. The average molecular weight is 446 g/mol. The van der Waals surface area contributed by atoms with Crippen LogP contribution in [-0.2, 0) is 16.4 Å². The first-order valence-corrected chi connectivity index (χ1v) is 11.9.